The van der Waals surface area contributed by atoms with Crippen molar-refractivity contribution in [2.75, 3.05) is 0 Å². The molecule has 4 nitrogen and oxygen atoms in total. The third kappa shape index (κ3) is 2.80. The SMILES string of the molecule is CC(=O)N1N=C(c2cc(F)ccc2F)S[C@@]12c1ccccc1CC[C@@H]2CC#N. The first kappa shape index (κ1) is 18.6. The summed E-state index contributed by atoms with van der Waals surface area (Å²) in [6.07, 6.45) is 1.73. The fourth-order valence-electron chi connectivity index (χ4n) is 4.06. The Hall–Kier alpha value is -2.72. The van der Waals surface area contributed by atoms with Gasteiger partial charge in [0.05, 0.1) is 6.07 Å². The van der Waals surface area contributed by atoms with Crippen molar-refractivity contribution in [1.82, 2.24) is 5.01 Å². The minimum Gasteiger partial charge on any atom is -0.273 e. The third-order valence-electron chi connectivity index (χ3n) is 5.27. The van der Waals surface area contributed by atoms with Crippen LogP contribution in [0, 0.1) is 28.9 Å². The van der Waals surface area contributed by atoms with Crippen LogP contribution in [0.2, 0.25) is 0 Å². The average molecular weight is 397 g/mol. The molecule has 0 fully saturated rings. The third-order valence-corrected chi connectivity index (χ3v) is 6.80. The first-order chi connectivity index (χ1) is 13.5. The summed E-state index contributed by atoms with van der Waals surface area (Å²) in [4.78, 5) is 11.6. The summed E-state index contributed by atoms with van der Waals surface area (Å²) in [7, 11) is 0. The summed E-state index contributed by atoms with van der Waals surface area (Å²) in [6.45, 7) is 1.40. The van der Waals surface area contributed by atoms with E-state index in [-0.39, 0.29) is 28.9 Å². The second kappa shape index (κ2) is 7.02. The Balaban J connectivity index is 1.91. The molecule has 1 heterocycles. The number of aryl methyl sites for hydroxylation is 1. The van der Waals surface area contributed by atoms with Gasteiger partial charge in [-0.25, -0.2) is 13.8 Å². The van der Waals surface area contributed by atoms with Crippen LogP contribution < -0.4 is 0 Å². The first-order valence-corrected chi connectivity index (χ1v) is 9.78. The van der Waals surface area contributed by atoms with Crippen molar-refractivity contribution in [3.05, 3.63) is 70.8 Å². The number of nitrogens with zero attached hydrogens (tertiary/aromatic N) is 3. The van der Waals surface area contributed by atoms with Crippen molar-refractivity contribution in [2.45, 2.75) is 31.1 Å². The van der Waals surface area contributed by atoms with E-state index in [1.165, 1.54) is 23.7 Å². The second-order valence-electron chi connectivity index (χ2n) is 6.91. The Morgan fingerprint density at radius 1 is 1.36 bits per heavy atom. The highest BCUT2D eigenvalue weighted by atomic mass is 32.2. The van der Waals surface area contributed by atoms with Crippen LogP contribution in [0.1, 0.15) is 36.5 Å². The van der Waals surface area contributed by atoms with E-state index in [1.807, 2.05) is 24.3 Å². The number of hydrogen-bond donors (Lipinski definition) is 0. The molecule has 0 bridgehead atoms. The van der Waals surface area contributed by atoms with Gasteiger partial charge in [-0.1, -0.05) is 36.0 Å². The minimum atomic E-state index is -0.940. The zero-order valence-corrected chi connectivity index (χ0v) is 16.0. The van der Waals surface area contributed by atoms with Gasteiger partial charge in [0.15, 0.2) is 0 Å². The van der Waals surface area contributed by atoms with E-state index in [9.17, 15) is 18.8 Å². The lowest BCUT2D eigenvalue weighted by Gasteiger charge is -2.45. The van der Waals surface area contributed by atoms with Gasteiger partial charge in [-0.2, -0.15) is 10.4 Å². The van der Waals surface area contributed by atoms with Crippen LogP contribution in [0.4, 0.5) is 8.78 Å². The number of benzene rings is 2. The number of hydrazone groups is 1. The van der Waals surface area contributed by atoms with E-state index in [4.69, 9.17) is 0 Å². The predicted molar refractivity (Wildman–Crippen MR) is 103 cm³/mol. The Morgan fingerprint density at radius 3 is 2.89 bits per heavy atom. The lowest BCUT2D eigenvalue weighted by atomic mass is 9.77. The molecule has 1 aliphatic heterocycles. The fourth-order valence-corrected chi connectivity index (χ4v) is 5.68. The molecule has 0 saturated heterocycles. The van der Waals surface area contributed by atoms with Crippen LogP contribution >= 0.6 is 11.8 Å². The largest absolute Gasteiger partial charge is 0.273 e. The number of hydrogen-bond acceptors (Lipinski definition) is 4. The molecule has 0 unspecified atom stereocenters. The van der Waals surface area contributed by atoms with Gasteiger partial charge < -0.3 is 0 Å². The van der Waals surface area contributed by atoms with E-state index >= 15 is 0 Å². The van der Waals surface area contributed by atoms with Crippen LogP contribution in [-0.4, -0.2) is 16.0 Å². The Morgan fingerprint density at radius 2 is 2.14 bits per heavy atom. The topological polar surface area (TPSA) is 56.5 Å². The summed E-state index contributed by atoms with van der Waals surface area (Å²) >= 11 is 1.23. The zero-order chi connectivity index (χ0) is 19.9. The number of carbonyl (C=O) groups excluding carboxylic acids is 1. The van der Waals surface area contributed by atoms with E-state index in [1.54, 1.807) is 0 Å². The molecule has 2 aliphatic rings. The molecule has 0 N–H and O–H groups in total. The van der Waals surface area contributed by atoms with E-state index < -0.39 is 16.5 Å². The van der Waals surface area contributed by atoms with Crippen LogP contribution in [-0.2, 0) is 16.1 Å². The molecular formula is C21H17F2N3OS. The fraction of sp³-hybridized carbons (Fsp3) is 0.286. The van der Waals surface area contributed by atoms with Crippen molar-refractivity contribution >= 4 is 22.7 Å². The molecule has 0 aromatic heterocycles. The number of carbonyl (C=O) groups is 1. The lowest BCUT2D eigenvalue weighted by molar-refractivity contribution is -0.134. The molecule has 2 atom stereocenters. The molecule has 7 heteroatoms. The zero-order valence-electron chi connectivity index (χ0n) is 15.2. The molecule has 1 aliphatic carbocycles. The van der Waals surface area contributed by atoms with Crippen molar-refractivity contribution in [3.8, 4) is 6.07 Å². The maximum Gasteiger partial charge on any atom is 0.241 e. The van der Waals surface area contributed by atoms with Gasteiger partial charge in [-0.05, 0) is 42.2 Å². The number of halogens is 2. The maximum atomic E-state index is 14.4. The number of rotatable bonds is 2. The minimum absolute atomic E-state index is 0.0203. The highest BCUT2D eigenvalue weighted by molar-refractivity contribution is 8.15. The summed E-state index contributed by atoms with van der Waals surface area (Å²) in [5.41, 5.74) is 2.00. The van der Waals surface area contributed by atoms with Crippen molar-refractivity contribution < 1.29 is 13.6 Å². The van der Waals surface area contributed by atoms with E-state index in [0.717, 1.165) is 35.7 Å². The van der Waals surface area contributed by atoms with Gasteiger partial charge in [0.25, 0.3) is 0 Å². The van der Waals surface area contributed by atoms with Gasteiger partial charge in [0.1, 0.15) is 21.5 Å². The van der Waals surface area contributed by atoms with Gasteiger partial charge in [0.2, 0.25) is 5.91 Å². The smallest absolute Gasteiger partial charge is 0.241 e. The van der Waals surface area contributed by atoms with Gasteiger partial charge in [0, 0.05) is 24.8 Å². The van der Waals surface area contributed by atoms with Crippen LogP contribution in [0.5, 0.6) is 0 Å². The molecule has 2 aromatic carbocycles. The molecule has 142 valence electrons. The molecule has 4 rings (SSSR count). The number of thioether (sulfide) groups is 1. The van der Waals surface area contributed by atoms with Gasteiger partial charge in [-0.15, -0.1) is 0 Å². The number of amides is 1. The van der Waals surface area contributed by atoms with Crippen LogP contribution in [0.3, 0.4) is 0 Å². The van der Waals surface area contributed by atoms with Crippen molar-refractivity contribution in [3.63, 3.8) is 0 Å². The predicted octanol–water partition coefficient (Wildman–Crippen LogP) is 4.55. The molecule has 2 aromatic rings. The number of nitriles is 1. The molecular weight excluding hydrogens is 380 g/mol. The molecule has 1 spiro atoms. The highest BCUT2D eigenvalue weighted by Crippen LogP contribution is 2.57. The van der Waals surface area contributed by atoms with E-state index in [0.29, 0.717) is 6.42 Å². The van der Waals surface area contributed by atoms with Crippen LogP contribution in [0.15, 0.2) is 47.6 Å². The summed E-state index contributed by atoms with van der Waals surface area (Å²) < 4.78 is 28.2. The first-order valence-electron chi connectivity index (χ1n) is 8.96. The molecule has 1 amide bonds. The number of fused-ring (bicyclic) bond motifs is 2. The highest BCUT2D eigenvalue weighted by Gasteiger charge is 2.55. The van der Waals surface area contributed by atoms with Gasteiger partial charge >= 0.3 is 0 Å². The average Bonchev–Trinajstić information content (AvgIpc) is 3.08. The Kier molecular flexibility index (Phi) is 4.68. The normalized spacial score (nSPS) is 23.3. The summed E-state index contributed by atoms with van der Waals surface area (Å²) in [6, 6.07) is 13.2. The Bertz CT molecular complexity index is 1030. The van der Waals surface area contributed by atoms with Gasteiger partial charge in [-0.3, -0.25) is 4.79 Å². The quantitative estimate of drug-likeness (QED) is 0.747. The maximum absolute atomic E-state index is 14.4. The van der Waals surface area contributed by atoms with Crippen molar-refractivity contribution in [2.24, 2.45) is 11.0 Å². The second-order valence-corrected chi connectivity index (χ2v) is 8.13. The summed E-state index contributed by atoms with van der Waals surface area (Å²) in [5.74, 6) is -1.67. The molecule has 28 heavy (non-hydrogen) atoms. The lowest BCUT2D eigenvalue weighted by Crippen LogP contribution is -2.48. The standard InChI is InChI=1S/C21H17F2N3OS/c1-13(27)26-21(28-20(25-26)17-12-16(22)8-9-19(17)23)15(10-11-24)7-6-14-4-2-3-5-18(14)21/h2-5,8-9,12,15H,6-7,10H2,1H3/t15-,21+/m1/s1. The molecule has 0 radical (unpaired) electrons. The van der Waals surface area contributed by atoms with Crippen LogP contribution in [0.25, 0.3) is 0 Å². The van der Waals surface area contributed by atoms with Crippen molar-refractivity contribution in [1.29, 1.82) is 5.26 Å². The summed E-state index contributed by atoms with van der Waals surface area (Å²) in [5, 5.41) is 15.4. The monoisotopic (exact) mass is 397 g/mol. The Labute approximate surface area is 165 Å². The van der Waals surface area contributed by atoms with E-state index in [2.05, 4.69) is 11.2 Å². The molecule has 0 saturated carbocycles.